The summed E-state index contributed by atoms with van der Waals surface area (Å²) in [6, 6.07) is 6.14. The van der Waals surface area contributed by atoms with Gasteiger partial charge in [-0.2, -0.15) is 0 Å². The Bertz CT molecular complexity index is 726. The van der Waals surface area contributed by atoms with Crippen LogP contribution in [0.5, 0.6) is 11.5 Å². The van der Waals surface area contributed by atoms with Crippen LogP contribution in [-0.2, 0) is 10.0 Å². The van der Waals surface area contributed by atoms with Gasteiger partial charge < -0.3 is 19.0 Å². The summed E-state index contributed by atoms with van der Waals surface area (Å²) >= 11 is 0. The van der Waals surface area contributed by atoms with E-state index in [1.54, 1.807) is 12.1 Å². The SMILES string of the molecule is COc1ccc(OC)c(S(=O)(=O)NCCC(O)c2ccoc2)c1. The Morgan fingerprint density at radius 2 is 2.04 bits per heavy atom. The standard InChI is InChI=1S/C15H19NO6S/c1-20-12-3-4-14(21-2)15(9-12)23(18,19)16-7-5-13(17)11-6-8-22-10-11/h3-4,6,8-10,13,16-17H,5,7H2,1-2H3. The van der Waals surface area contributed by atoms with E-state index in [9.17, 15) is 13.5 Å². The molecule has 1 heterocycles. The van der Waals surface area contributed by atoms with Crippen molar-refractivity contribution in [2.75, 3.05) is 20.8 Å². The minimum Gasteiger partial charge on any atom is -0.497 e. The minimum absolute atomic E-state index is 0.0165. The second-order valence-corrected chi connectivity index (χ2v) is 6.51. The number of aliphatic hydroxyl groups excluding tert-OH is 1. The largest absolute Gasteiger partial charge is 0.497 e. The van der Waals surface area contributed by atoms with Crippen LogP contribution in [0.15, 0.2) is 46.1 Å². The van der Waals surface area contributed by atoms with Gasteiger partial charge in [0.05, 0.1) is 32.8 Å². The Kier molecular flexibility index (Phi) is 5.64. The monoisotopic (exact) mass is 341 g/mol. The number of ether oxygens (including phenoxy) is 2. The van der Waals surface area contributed by atoms with E-state index in [1.807, 2.05) is 0 Å². The molecule has 0 amide bonds. The third-order valence-electron chi connectivity index (χ3n) is 3.30. The molecule has 0 spiro atoms. The number of rotatable bonds is 8. The van der Waals surface area contributed by atoms with Crippen LogP contribution < -0.4 is 14.2 Å². The minimum atomic E-state index is -3.79. The molecule has 2 rings (SSSR count). The number of furan rings is 1. The summed E-state index contributed by atoms with van der Waals surface area (Å²) in [7, 11) is -0.946. The number of nitrogens with one attached hydrogen (secondary N) is 1. The summed E-state index contributed by atoms with van der Waals surface area (Å²) in [5.41, 5.74) is 0.600. The van der Waals surface area contributed by atoms with Crippen molar-refractivity contribution in [1.29, 1.82) is 0 Å². The Balaban J connectivity index is 2.07. The summed E-state index contributed by atoms with van der Waals surface area (Å²) < 4.78 is 42.2. The predicted molar refractivity (Wildman–Crippen MR) is 83.0 cm³/mol. The van der Waals surface area contributed by atoms with E-state index in [0.29, 0.717) is 11.3 Å². The van der Waals surface area contributed by atoms with Crippen molar-refractivity contribution in [1.82, 2.24) is 4.72 Å². The van der Waals surface area contributed by atoms with Crippen LogP contribution in [0.4, 0.5) is 0 Å². The molecule has 1 aromatic heterocycles. The Morgan fingerprint density at radius 1 is 1.26 bits per heavy atom. The van der Waals surface area contributed by atoms with Crippen LogP contribution in [0, 0.1) is 0 Å². The van der Waals surface area contributed by atoms with Gasteiger partial charge in [0.2, 0.25) is 10.0 Å². The van der Waals surface area contributed by atoms with Crippen molar-refractivity contribution in [2.24, 2.45) is 0 Å². The molecule has 0 aliphatic carbocycles. The van der Waals surface area contributed by atoms with Crippen LogP contribution in [-0.4, -0.2) is 34.3 Å². The number of aliphatic hydroxyl groups is 1. The zero-order chi connectivity index (χ0) is 16.9. The number of methoxy groups -OCH3 is 2. The molecule has 2 aromatic rings. The average molecular weight is 341 g/mol. The summed E-state index contributed by atoms with van der Waals surface area (Å²) in [6.07, 6.45) is 2.28. The smallest absolute Gasteiger partial charge is 0.244 e. The van der Waals surface area contributed by atoms with E-state index in [0.717, 1.165) is 0 Å². The Morgan fingerprint density at radius 3 is 2.65 bits per heavy atom. The van der Waals surface area contributed by atoms with Gasteiger partial charge in [-0.1, -0.05) is 0 Å². The lowest BCUT2D eigenvalue weighted by atomic mass is 10.1. The van der Waals surface area contributed by atoms with Gasteiger partial charge in [0.15, 0.2) is 0 Å². The topological polar surface area (TPSA) is 98.0 Å². The molecule has 8 heteroatoms. The van der Waals surface area contributed by atoms with E-state index in [-0.39, 0.29) is 23.6 Å². The molecule has 2 N–H and O–H groups in total. The molecule has 1 aromatic carbocycles. The lowest BCUT2D eigenvalue weighted by Crippen LogP contribution is -2.26. The molecule has 126 valence electrons. The summed E-state index contributed by atoms with van der Waals surface area (Å²) in [5.74, 6) is 0.623. The Labute approximate surface area is 134 Å². The number of sulfonamides is 1. The fourth-order valence-electron chi connectivity index (χ4n) is 2.03. The average Bonchev–Trinajstić information content (AvgIpc) is 3.08. The van der Waals surface area contributed by atoms with Gasteiger partial charge in [-0.3, -0.25) is 0 Å². The van der Waals surface area contributed by atoms with Crippen molar-refractivity contribution in [3.63, 3.8) is 0 Å². The van der Waals surface area contributed by atoms with Gasteiger partial charge in [-0.25, -0.2) is 13.1 Å². The van der Waals surface area contributed by atoms with Crippen molar-refractivity contribution in [3.8, 4) is 11.5 Å². The van der Waals surface area contributed by atoms with Crippen LogP contribution >= 0.6 is 0 Å². The maximum atomic E-state index is 12.4. The molecule has 0 fully saturated rings. The second-order valence-electron chi connectivity index (χ2n) is 4.78. The highest BCUT2D eigenvalue weighted by Gasteiger charge is 2.21. The lowest BCUT2D eigenvalue weighted by molar-refractivity contribution is 0.168. The molecule has 0 aliphatic rings. The lowest BCUT2D eigenvalue weighted by Gasteiger charge is -2.13. The summed E-state index contributed by atoms with van der Waals surface area (Å²) in [6.45, 7) is 0.0645. The molecule has 0 bridgehead atoms. The second kappa shape index (κ2) is 7.49. The van der Waals surface area contributed by atoms with E-state index in [1.165, 1.54) is 38.9 Å². The molecular weight excluding hydrogens is 322 g/mol. The third kappa shape index (κ3) is 4.25. The third-order valence-corrected chi connectivity index (χ3v) is 4.78. The predicted octanol–water partition coefficient (Wildman–Crippen LogP) is 1.70. The van der Waals surface area contributed by atoms with Crippen LogP contribution in [0.3, 0.4) is 0 Å². The normalized spacial score (nSPS) is 12.8. The highest BCUT2D eigenvalue weighted by atomic mass is 32.2. The van der Waals surface area contributed by atoms with E-state index in [4.69, 9.17) is 13.9 Å². The first-order chi connectivity index (χ1) is 11.0. The van der Waals surface area contributed by atoms with Crippen LogP contribution in [0.2, 0.25) is 0 Å². The first kappa shape index (κ1) is 17.3. The fourth-order valence-corrected chi connectivity index (χ4v) is 3.26. The van der Waals surface area contributed by atoms with E-state index in [2.05, 4.69) is 4.72 Å². The van der Waals surface area contributed by atoms with Crippen molar-refractivity contribution in [2.45, 2.75) is 17.4 Å². The van der Waals surface area contributed by atoms with Gasteiger partial charge in [-0.05, 0) is 24.6 Å². The molecule has 7 nitrogen and oxygen atoms in total. The van der Waals surface area contributed by atoms with E-state index >= 15 is 0 Å². The van der Waals surface area contributed by atoms with Gasteiger partial charge in [0.1, 0.15) is 16.4 Å². The Hall–Kier alpha value is -2.03. The molecule has 1 atom stereocenters. The van der Waals surface area contributed by atoms with Crippen LogP contribution in [0.1, 0.15) is 18.1 Å². The van der Waals surface area contributed by atoms with Crippen molar-refractivity contribution >= 4 is 10.0 Å². The number of hydrogen-bond donors (Lipinski definition) is 2. The highest BCUT2D eigenvalue weighted by Crippen LogP contribution is 2.28. The fraction of sp³-hybridized carbons (Fsp3) is 0.333. The molecule has 23 heavy (non-hydrogen) atoms. The molecule has 0 saturated carbocycles. The maximum absolute atomic E-state index is 12.4. The molecule has 0 radical (unpaired) electrons. The molecule has 1 unspecified atom stereocenters. The molecule has 0 aliphatic heterocycles. The first-order valence-corrected chi connectivity index (χ1v) is 8.38. The van der Waals surface area contributed by atoms with Gasteiger partial charge in [0.25, 0.3) is 0 Å². The highest BCUT2D eigenvalue weighted by molar-refractivity contribution is 7.89. The van der Waals surface area contributed by atoms with E-state index < -0.39 is 16.1 Å². The maximum Gasteiger partial charge on any atom is 0.244 e. The van der Waals surface area contributed by atoms with Gasteiger partial charge in [0, 0.05) is 18.2 Å². The van der Waals surface area contributed by atoms with Gasteiger partial charge >= 0.3 is 0 Å². The quantitative estimate of drug-likeness (QED) is 0.758. The van der Waals surface area contributed by atoms with Crippen LogP contribution in [0.25, 0.3) is 0 Å². The number of hydrogen-bond acceptors (Lipinski definition) is 6. The van der Waals surface area contributed by atoms with Crippen molar-refractivity contribution < 1.29 is 27.4 Å². The zero-order valence-electron chi connectivity index (χ0n) is 12.9. The zero-order valence-corrected chi connectivity index (χ0v) is 13.7. The summed E-state index contributed by atoms with van der Waals surface area (Å²) in [4.78, 5) is -0.0165. The molecular formula is C15H19NO6S. The first-order valence-electron chi connectivity index (χ1n) is 6.90. The summed E-state index contributed by atoms with van der Waals surface area (Å²) in [5, 5.41) is 9.92. The van der Waals surface area contributed by atoms with Gasteiger partial charge in [-0.15, -0.1) is 0 Å². The van der Waals surface area contributed by atoms with Crippen molar-refractivity contribution in [3.05, 3.63) is 42.4 Å². The number of benzene rings is 1. The molecule has 0 saturated heterocycles.